The van der Waals surface area contributed by atoms with Crippen LogP contribution in [0.4, 0.5) is 13.2 Å². The van der Waals surface area contributed by atoms with Crippen molar-refractivity contribution < 1.29 is 32.9 Å². The van der Waals surface area contributed by atoms with Gasteiger partial charge in [0.15, 0.2) is 23.4 Å². The average molecular weight is 383 g/mol. The first-order valence-corrected chi connectivity index (χ1v) is 9.25. The molecule has 0 amide bonds. The van der Waals surface area contributed by atoms with Crippen LogP contribution < -0.4 is 4.74 Å². The summed E-state index contributed by atoms with van der Waals surface area (Å²) in [7, 11) is 0. The van der Waals surface area contributed by atoms with Crippen molar-refractivity contribution in [3.05, 3.63) is 23.3 Å². The van der Waals surface area contributed by atoms with E-state index >= 15 is 0 Å². The topological polar surface area (TPSA) is 70.0 Å². The normalized spacial score (nSPS) is 37.1. The molecule has 2 heterocycles. The number of phenols is 1. The average Bonchev–Trinajstić information content (AvgIpc) is 2.94. The van der Waals surface area contributed by atoms with E-state index in [0.29, 0.717) is 24.9 Å². The number of alkyl halides is 3. The van der Waals surface area contributed by atoms with Crippen LogP contribution in [0.2, 0.25) is 0 Å². The fourth-order valence-corrected chi connectivity index (χ4v) is 5.95. The smallest absolute Gasteiger partial charge is 0.390 e. The van der Waals surface area contributed by atoms with Gasteiger partial charge in [0, 0.05) is 24.6 Å². The third-order valence-electron chi connectivity index (χ3n) is 7.05. The van der Waals surface area contributed by atoms with Crippen LogP contribution >= 0.6 is 0 Å². The number of carbonyl (C=O) groups excluding carboxylic acids is 1. The number of hydrogen-bond acceptors (Lipinski definition) is 5. The van der Waals surface area contributed by atoms with Crippen molar-refractivity contribution in [2.24, 2.45) is 0 Å². The van der Waals surface area contributed by atoms with E-state index in [-0.39, 0.29) is 36.7 Å². The highest BCUT2D eigenvalue weighted by Crippen LogP contribution is 2.64. The van der Waals surface area contributed by atoms with Gasteiger partial charge in [0.05, 0.1) is 17.4 Å². The molecule has 27 heavy (non-hydrogen) atoms. The molecule has 1 aromatic rings. The molecule has 146 valence electrons. The SMILES string of the molecule is O=C1CC[C@@]2(O)[C@H]3Cc4ccc(O)c5c4[C@@]2(CCN3CCC(F)(F)F)C1O5. The maximum atomic E-state index is 12.8. The predicted molar refractivity (Wildman–Crippen MR) is 87.7 cm³/mol. The van der Waals surface area contributed by atoms with Crippen LogP contribution in [-0.2, 0) is 16.6 Å². The number of halogens is 3. The zero-order valence-electron chi connectivity index (χ0n) is 14.6. The molecule has 0 aromatic heterocycles. The van der Waals surface area contributed by atoms with E-state index in [2.05, 4.69) is 0 Å². The number of ether oxygens (including phenoxy) is 1. The Kier molecular flexibility index (Phi) is 3.31. The lowest BCUT2D eigenvalue weighted by molar-refractivity contribution is -0.194. The van der Waals surface area contributed by atoms with Crippen molar-refractivity contribution in [3.63, 3.8) is 0 Å². The molecule has 2 fully saturated rings. The molecule has 4 atom stereocenters. The number of hydrogen-bond donors (Lipinski definition) is 2. The Morgan fingerprint density at radius 1 is 1.30 bits per heavy atom. The van der Waals surface area contributed by atoms with Gasteiger partial charge in [-0.2, -0.15) is 13.2 Å². The van der Waals surface area contributed by atoms with E-state index in [0.717, 1.165) is 5.56 Å². The van der Waals surface area contributed by atoms with Crippen LogP contribution in [0.15, 0.2) is 12.1 Å². The van der Waals surface area contributed by atoms with Gasteiger partial charge in [0.2, 0.25) is 0 Å². The van der Waals surface area contributed by atoms with Crippen molar-refractivity contribution in [1.29, 1.82) is 0 Å². The largest absolute Gasteiger partial charge is 0.504 e. The summed E-state index contributed by atoms with van der Waals surface area (Å²) in [5.41, 5.74) is -0.800. The Bertz CT molecular complexity index is 841. The second kappa shape index (κ2) is 5.17. The van der Waals surface area contributed by atoms with Gasteiger partial charge < -0.3 is 14.9 Å². The Morgan fingerprint density at radius 2 is 2.07 bits per heavy atom. The fourth-order valence-electron chi connectivity index (χ4n) is 5.95. The second-order valence-corrected chi connectivity index (χ2v) is 8.18. The monoisotopic (exact) mass is 383 g/mol. The van der Waals surface area contributed by atoms with Crippen molar-refractivity contribution in [1.82, 2.24) is 4.90 Å². The van der Waals surface area contributed by atoms with Crippen LogP contribution in [0.1, 0.15) is 36.8 Å². The molecule has 8 heteroatoms. The van der Waals surface area contributed by atoms with Gasteiger partial charge in [-0.25, -0.2) is 0 Å². The van der Waals surface area contributed by atoms with E-state index in [9.17, 15) is 28.2 Å². The minimum atomic E-state index is -4.26. The highest BCUT2D eigenvalue weighted by molar-refractivity contribution is 5.90. The highest BCUT2D eigenvalue weighted by Gasteiger charge is 2.73. The molecule has 5 nitrogen and oxygen atoms in total. The molecule has 1 spiro atoms. The van der Waals surface area contributed by atoms with Gasteiger partial charge in [-0.15, -0.1) is 0 Å². The molecule has 1 unspecified atom stereocenters. The van der Waals surface area contributed by atoms with Crippen molar-refractivity contribution in [2.45, 2.75) is 61.4 Å². The van der Waals surface area contributed by atoms with Crippen LogP contribution in [0.25, 0.3) is 0 Å². The summed E-state index contributed by atoms with van der Waals surface area (Å²) in [5, 5.41) is 22.0. The maximum absolute atomic E-state index is 12.8. The summed E-state index contributed by atoms with van der Waals surface area (Å²) in [6.07, 6.45) is -5.04. The van der Waals surface area contributed by atoms with Gasteiger partial charge in [-0.1, -0.05) is 6.07 Å². The number of benzene rings is 1. The van der Waals surface area contributed by atoms with Gasteiger partial charge in [-0.05, 0) is 37.4 Å². The Morgan fingerprint density at radius 3 is 2.81 bits per heavy atom. The summed E-state index contributed by atoms with van der Waals surface area (Å²) >= 11 is 0. The Labute approximate surface area is 153 Å². The maximum Gasteiger partial charge on any atom is 0.390 e. The lowest BCUT2D eigenvalue weighted by Crippen LogP contribution is -2.76. The third kappa shape index (κ3) is 2.05. The molecule has 2 aliphatic heterocycles. The third-order valence-corrected chi connectivity index (χ3v) is 7.05. The summed E-state index contributed by atoms with van der Waals surface area (Å²) in [6.45, 7) is 0.178. The zero-order valence-corrected chi connectivity index (χ0v) is 14.6. The fraction of sp³-hybridized carbons (Fsp3) is 0.632. The first kappa shape index (κ1) is 17.3. The molecule has 1 aromatic carbocycles. The number of carbonyl (C=O) groups is 1. The van der Waals surface area contributed by atoms with E-state index in [4.69, 9.17) is 4.74 Å². The lowest BCUT2D eigenvalue weighted by Gasteiger charge is -2.62. The molecule has 5 rings (SSSR count). The van der Waals surface area contributed by atoms with E-state index in [1.165, 1.54) is 6.07 Å². The summed E-state index contributed by atoms with van der Waals surface area (Å²) in [4.78, 5) is 14.4. The minimum absolute atomic E-state index is 0.0642. The Hall–Kier alpha value is -1.80. The highest BCUT2D eigenvalue weighted by atomic mass is 19.4. The molecular formula is C19H20F3NO4. The first-order valence-electron chi connectivity index (χ1n) is 9.25. The number of nitrogens with zero attached hydrogens (tertiary/aromatic N) is 1. The number of Topliss-reactive ketones (excluding diaryl/α,β-unsaturated/α-hetero) is 1. The Balaban J connectivity index is 1.64. The molecule has 2 aliphatic carbocycles. The number of ketones is 1. The van der Waals surface area contributed by atoms with Crippen LogP contribution in [0.5, 0.6) is 11.5 Å². The summed E-state index contributed by atoms with van der Waals surface area (Å²) in [6, 6.07) is 2.73. The van der Waals surface area contributed by atoms with Gasteiger partial charge >= 0.3 is 6.18 Å². The number of aromatic hydroxyl groups is 1. The van der Waals surface area contributed by atoms with Crippen LogP contribution in [0.3, 0.4) is 0 Å². The molecule has 1 saturated carbocycles. The molecule has 2 N–H and O–H groups in total. The van der Waals surface area contributed by atoms with E-state index in [1.807, 2.05) is 0 Å². The molecule has 0 radical (unpaired) electrons. The van der Waals surface area contributed by atoms with Gasteiger partial charge in [-0.3, -0.25) is 9.69 Å². The van der Waals surface area contributed by atoms with Crippen molar-refractivity contribution in [2.75, 3.05) is 13.1 Å². The lowest BCUT2D eigenvalue weighted by atomic mass is 9.49. The quantitative estimate of drug-likeness (QED) is 0.818. The van der Waals surface area contributed by atoms with Crippen LogP contribution in [-0.4, -0.2) is 57.9 Å². The molecule has 1 saturated heterocycles. The van der Waals surface area contributed by atoms with Gasteiger partial charge in [0.1, 0.15) is 0 Å². The number of piperidine rings is 1. The second-order valence-electron chi connectivity index (χ2n) is 8.18. The van der Waals surface area contributed by atoms with Crippen molar-refractivity contribution >= 4 is 5.78 Å². The summed E-state index contributed by atoms with van der Waals surface area (Å²) in [5.74, 6) is 0.0737. The minimum Gasteiger partial charge on any atom is -0.504 e. The van der Waals surface area contributed by atoms with Crippen LogP contribution in [0, 0.1) is 0 Å². The number of phenolic OH excluding ortho intramolecular Hbond substituents is 1. The predicted octanol–water partition coefficient (Wildman–Crippen LogP) is 2.07. The molecular weight excluding hydrogens is 363 g/mol. The first-order chi connectivity index (χ1) is 12.7. The standard InChI is InChI=1S/C19H20F3NO4/c20-19(21,22)6-8-23-7-5-17-14-10-1-2-11(24)15(14)27-16(17)12(25)3-4-18(17,26)13(23)9-10/h1-2,13,16,24,26H,3-9H2/t13-,16?,17+,18-/m1/s1. The van der Waals surface area contributed by atoms with Crippen molar-refractivity contribution in [3.8, 4) is 11.5 Å². The molecule has 4 aliphatic rings. The number of rotatable bonds is 2. The zero-order chi connectivity index (χ0) is 19.2. The number of likely N-dealkylation sites (tertiary alicyclic amines) is 1. The molecule has 2 bridgehead atoms. The summed E-state index contributed by atoms with van der Waals surface area (Å²) < 4.78 is 44.2. The van der Waals surface area contributed by atoms with E-state index < -0.39 is 35.8 Å². The van der Waals surface area contributed by atoms with E-state index in [1.54, 1.807) is 11.0 Å². The number of aliphatic hydroxyl groups is 1. The van der Waals surface area contributed by atoms with Gasteiger partial charge in [0.25, 0.3) is 0 Å².